The molecule has 250 valence electrons. The Labute approximate surface area is 319 Å². The van der Waals surface area contributed by atoms with Gasteiger partial charge in [0, 0.05) is 42.4 Å². The SMILES string of the molecule is Ic1c(-c2ccccc2Nc2nc(-c3cccc4ccccc34)nc(-c3cccc4ccccc34)n2)ccc2c1c1ccccc1n2-c1ccccc1. The second-order valence-electron chi connectivity index (χ2n) is 13.0. The van der Waals surface area contributed by atoms with Gasteiger partial charge < -0.3 is 9.88 Å². The smallest absolute Gasteiger partial charge is 0.231 e. The molecule has 0 atom stereocenters. The van der Waals surface area contributed by atoms with E-state index in [1.165, 1.54) is 25.4 Å². The second-order valence-corrected chi connectivity index (χ2v) is 14.1. The highest BCUT2D eigenvalue weighted by atomic mass is 127. The maximum atomic E-state index is 5.14. The van der Waals surface area contributed by atoms with Crippen LogP contribution in [0.3, 0.4) is 0 Å². The Morgan fingerprint density at radius 2 is 0.962 bits per heavy atom. The summed E-state index contributed by atoms with van der Waals surface area (Å²) in [6.07, 6.45) is 0. The Hall–Kier alpha value is -6.38. The number of anilines is 2. The summed E-state index contributed by atoms with van der Waals surface area (Å²) >= 11 is 2.53. The molecule has 2 aromatic heterocycles. The third kappa shape index (κ3) is 5.41. The van der Waals surface area contributed by atoms with Gasteiger partial charge >= 0.3 is 0 Å². The number of aromatic nitrogens is 4. The van der Waals surface area contributed by atoms with Crippen LogP contribution in [0, 0.1) is 3.57 Å². The summed E-state index contributed by atoms with van der Waals surface area (Å²) in [5.74, 6) is 1.71. The maximum Gasteiger partial charge on any atom is 0.231 e. The number of nitrogens with zero attached hydrogens (tertiary/aromatic N) is 4. The molecule has 0 amide bonds. The average Bonchev–Trinajstić information content (AvgIpc) is 3.56. The standard InChI is InChI=1S/C47H30IN5/c48-44-36(28-29-42-43(44)39-23-9-11-27-41(39)53(42)32-18-2-1-3-19-32)35-22-8-10-26-40(35)49-47-51-45(37-24-12-16-30-14-4-6-20-33(30)37)50-46(52-47)38-25-13-17-31-15-5-7-21-34(31)38/h1-29H,(H,49,50,51,52). The van der Waals surface area contributed by atoms with Crippen LogP contribution < -0.4 is 5.32 Å². The molecule has 10 rings (SSSR count). The summed E-state index contributed by atoms with van der Waals surface area (Å²) in [5.41, 5.74) is 8.52. The van der Waals surface area contributed by atoms with Gasteiger partial charge in [0.1, 0.15) is 0 Å². The van der Waals surface area contributed by atoms with E-state index in [0.717, 1.165) is 55.2 Å². The molecule has 6 heteroatoms. The number of benzene rings is 8. The first-order chi connectivity index (χ1) is 26.2. The first kappa shape index (κ1) is 31.4. The first-order valence-electron chi connectivity index (χ1n) is 17.6. The molecule has 0 aliphatic heterocycles. The summed E-state index contributed by atoms with van der Waals surface area (Å²) in [4.78, 5) is 15.3. The van der Waals surface area contributed by atoms with E-state index < -0.39 is 0 Å². The molecule has 8 aromatic carbocycles. The zero-order valence-electron chi connectivity index (χ0n) is 28.4. The minimum absolute atomic E-state index is 0.482. The van der Waals surface area contributed by atoms with Crippen molar-refractivity contribution in [1.82, 2.24) is 19.5 Å². The number of fused-ring (bicyclic) bond motifs is 5. The summed E-state index contributed by atoms with van der Waals surface area (Å²) in [7, 11) is 0. The number of rotatable bonds is 6. The predicted octanol–water partition coefficient (Wildman–Crippen LogP) is 12.6. The number of nitrogens with one attached hydrogen (secondary N) is 1. The van der Waals surface area contributed by atoms with Crippen molar-refractivity contribution in [2.24, 2.45) is 0 Å². The lowest BCUT2D eigenvalue weighted by Gasteiger charge is -2.16. The van der Waals surface area contributed by atoms with Crippen LogP contribution in [0.15, 0.2) is 176 Å². The zero-order valence-corrected chi connectivity index (χ0v) is 30.6. The van der Waals surface area contributed by atoms with Crippen LogP contribution in [0.2, 0.25) is 0 Å². The van der Waals surface area contributed by atoms with Crippen molar-refractivity contribution in [2.75, 3.05) is 5.32 Å². The number of hydrogen-bond acceptors (Lipinski definition) is 4. The summed E-state index contributed by atoms with van der Waals surface area (Å²) in [6.45, 7) is 0. The number of halogens is 1. The van der Waals surface area contributed by atoms with Crippen molar-refractivity contribution in [1.29, 1.82) is 0 Å². The molecule has 2 heterocycles. The van der Waals surface area contributed by atoms with Crippen LogP contribution in [0.1, 0.15) is 0 Å². The molecule has 0 fully saturated rings. The third-order valence-corrected chi connectivity index (χ3v) is 11.1. The lowest BCUT2D eigenvalue weighted by atomic mass is 10.0. The van der Waals surface area contributed by atoms with E-state index in [1.54, 1.807) is 0 Å². The van der Waals surface area contributed by atoms with E-state index in [0.29, 0.717) is 17.6 Å². The molecule has 0 aliphatic rings. The van der Waals surface area contributed by atoms with Gasteiger partial charge in [-0.1, -0.05) is 146 Å². The summed E-state index contributed by atoms with van der Waals surface area (Å²) in [5, 5.41) is 10.6. The van der Waals surface area contributed by atoms with Gasteiger partial charge in [0.05, 0.1) is 11.0 Å². The van der Waals surface area contributed by atoms with Gasteiger partial charge in [-0.15, -0.1) is 0 Å². The molecule has 0 aliphatic carbocycles. The summed E-state index contributed by atoms with van der Waals surface area (Å²) in [6, 6.07) is 61.4. The Kier molecular flexibility index (Phi) is 7.69. The number of hydrogen-bond donors (Lipinski definition) is 1. The largest absolute Gasteiger partial charge is 0.323 e. The van der Waals surface area contributed by atoms with Crippen molar-refractivity contribution >= 4 is 77.6 Å². The minimum atomic E-state index is 0.482. The maximum absolute atomic E-state index is 5.14. The van der Waals surface area contributed by atoms with Crippen LogP contribution in [0.25, 0.3) is 82.9 Å². The normalized spacial score (nSPS) is 11.5. The molecule has 0 saturated heterocycles. The fraction of sp³-hybridized carbons (Fsp3) is 0. The Bertz CT molecular complexity index is 2900. The van der Waals surface area contributed by atoms with E-state index in [4.69, 9.17) is 15.0 Å². The van der Waals surface area contributed by atoms with Crippen molar-refractivity contribution in [3.05, 3.63) is 179 Å². The highest BCUT2D eigenvalue weighted by Gasteiger charge is 2.20. The molecular weight excluding hydrogens is 761 g/mol. The van der Waals surface area contributed by atoms with Crippen molar-refractivity contribution in [2.45, 2.75) is 0 Å². The van der Waals surface area contributed by atoms with Crippen LogP contribution in [-0.4, -0.2) is 19.5 Å². The third-order valence-electron chi connectivity index (χ3n) is 9.95. The molecule has 1 N–H and O–H groups in total. The van der Waals surface area contributed by atoms with Gasteiger partial charge in [-0.2, -0.15) is 9.97 Å². The molecule has 0 radical (unpaired) electrons. The fourth-order valence-electron chi connectivity index (χ4n) is 7.54. The van der Waals surface area contributed by atoms with Gasteiger partial charge in [-0.05, 0) is 80.0 Å². The lowest BCUT2D eigenvalue weighted by Crippen LogP contribution is -2.05. The Morgan fingerprint density at radius 3 is 1.66 bits per heavy atom. The van der Waals surface area contributed by atoms with Crippen LogP contribution in [0.5, 0.6) is 0 Å². The van der Waals surface area contributed by atoms with Gasteiger partial charge in [0.15, 0.2) is 11.6 Å². The molecule has 5 nitrogen and oxygen atoms in total. The highest BCUT2D eigenvalue weighted by molar-refractivity contribution is 14.1. The van der Waals surface area contributed by atoms with E-state index >= 15 is 0 Å². The molecule has 0 spiro atoms. The molecule has 53 heavy (non-hydrogen) atoms. The number of para-hydroxylation sites is 3. The van der Waals surface area contributed by atoms with Crippen molar-refractivity contribution < 1.29 is 0 Å². The lowest BCUT2D eigenvalue weighted by molar-refractivity contribution is 1.07. The van der Waals surface area contributed by atoms with Crippen LogP contribution in [-0.2, 0) is 0 Å². The molecule has 0 bridgehead atoms. The molecular formula is C47H30IN5. The summed E-state index contributed by atoms with van der Waals surface area (Å²) < 4.78 is 3.54. The van der Waals surface area contributed by atoms with E-state index in [2.05, 4.69) is 208 Å². The molecule has 0 saturated carbocycles. The van der Waals surface area contributed by atoms with Crippen LogP contribution >= 0.6 is 22.6 Å². The van der Waals surface area contributed by atoms with E-state index in [-0.39, 0.29) is 0 Å². The van der Waals surface area contributed by atoms with E-state index in [1.807, 2.05) is 0 Å². The van der Waals surface area contributed by atoms with Gasteiger partial charge in [-0.3, -0.25) is 0 Å². The van der Waals surface area contributed by atoms with Gasteiger partial charge in [0.2, 0.25) is 5.95 Å². The van der Waals surface area contributed by atoms with Gasteiger partial charge in [0.25, 0.3) is 0 Å². The Morgan fingerprint density at radius 1 is 0.415 bits per heavy atom. The molecule has 10 aromatic rings. The van der Waals surface area contributed by atoms with Crippen LogP contribution in [0.4, 0.5) is 11.6 Å². The predicted molar refractivity (Wildman–Crippen MR) is 228 cm³/mol. The second kappa shape index (κ2) is 13.0. The Balaban J connectivity index is 1.15. The van der Waals surface area contributed by atoms with E-state index in [9.17, 15) is 0 Å². The van der Waals surface area contributed by atoms with Gasteiger partial charge in [-0.25, -0.2) is 4.98 Å². The quantitative estimate of drug-likeness (QED) is 0.170. The highest BCUT2D eigenvalue weighted by Crippen LogP contribution is 2.41. The fourth-order valence-corrected chi connectivity index (χ4v) is 8.58. The monoisotopic (exact) mass is 791 g/mol. The first-order valence-corrected chi connectivity index (χ1v) is 18.6. The topological polar surface area (TPSA) is 55.6 Å². The average molecular weight is 792 g/mol. The minimum Gasteiger partial charge on any atom is -0.323 e. The van der Waals surface area contributed by atoms with Crippen molar-refractivity contribution in [3.8, 4) is 39.6 Å². The zero-order chi connectivity index (χ0) is 35.3. The van der Waals surface area contributed by atoms with Crippen molar-refractivity contribution in [3.63, 3.8) is 0 Å². The molecule has 0 unspecified atom stereocenters.